The standard InChI is InChI=1S/C9H18O/c1-4-5-6-8(2)7-9(3)10/h7,9-10H,4-6H2,1-3H3/b8-7+. The summed E-state index contributed by atoms with van der Waals surface area (Å²) >= 11 is 0. The number of unbranched alkanes of at least 4 members (excludes halogenated alkanes) is 1. The van der Waals surface area contributed by atoms with Crippen molar-refractivity contribution >= 4 is 0 Å². The largest absolute Gasteiger partial charge is 0.389 e. The smallest absolute Gasteiger partial charge is 0.0695 e. The van der Waals surface area contributed by atoms with Crippen LogP contribution in [0.25, 0.3) is 0 Å². The molecule has 0 rings (SSSR count). The summed E-state index contributed by atoms with van der Waals surface area (Å²) < 4.78 is 0. The molecule has 0 spiro atoms. The third-order valence-corrected chi connectivity index (χ3v) is 1.45. The van der Waals surface area contributed by atoms with Crippen LogP contribution in [0.4, 0.5) is 0 Å². The quantitative estimate of drug-likeness (QED) is 0.598. The maximum Gasteiger partial charge on any atom is 0.0695 e. The Hall–Kier alpha value is -0.300. The van der Waals surface area contributed by atoms with E-state index in [-0.39, 0.29) is 6.10 Å². The van der Waals surface area contributed by atoms with Crippen molar-refractivity contribution in [2.75, 3.05) is 0 Å². The third-order valence-electron chi connectivity index (χ3n) is 1.45. The molecule has 0 aliphatic heterocycles. The number of hydrogen-bond acceptors (Lipinski definition) is 1. The molecule has 1 nitrogen and oxygen atoms in total. The Morgan fingerprint density at radius 1 is 1.60 bits per heavy atom. The zero-order chi connectivity index (χ0) is 7.98. The Morgan fingerprint density at radius 3 is 2.60 bits per heavy atom. The van der Waals surface area contributed by atoms with E-state index < -0.39 is 0 Å². The second-order valence-corrected chi connectivity index (χ2v) is 2.86. The summed E-state index contributed by atoms with van der Waals surface area (Å²) in [5.41, 5.74) is 1.30. The van der Waals surface area contributed by atoms with Gasteiger partial charge in [-0.2, -0.15) is 0 Å². The molecule has 0 saturated carbocycles. The molecule has 0 bridgehead atoms. The molecular formula is C9H18O. The van der Waals surface area contributed by atoms with Crippen LogP contribution < -0.4 is 0 Å². The first-order valence-corrected chi connectivity index (χ1v) is 4.02. The minimum Gasteiger partial charge on any atom is -0.389 e. The molecule has 1 N–H and O–H groups in total. The van der Waals surface area contributed by atoms with Gasteiger partial charge in [0.2, 0.25) is 0 Å². The molecular weight excluding hydrogens is 124 g/mol. The number of rotatable bonds is 4. The fourth-order valence-corrected chi connectivity index (χ4v) is 0.951. The second-order valence-electron chi connectivity index (χ2n) is 2.86. The molecule has 60 valence electrons. The summed E-state index contributed by atoms with van der Waals surface area (Å²) in [5, 5.41) is 8.95. The summed E-state index contributed by atoms with van der Waals surface area (Å²) in [6.45, 7) is 6.04. The maximum atomic E-state index is 8.95. The van der Waals surface area contributed by atoms with E-state index in [1.165, 1.54) is 18.4 Å². The first-order chi connectivity index (χ1) is 4.66. The van der Waals surface area contributed by atoms with Gasteiger partial charge in [-0.1, -0.05) is 25.0 Å². The third kappa shape index (κ3) is 5.83. The number of aliphatic hydroxyl groups is 1. The molecule has 0 radical (unpaired) electrons. The first kappa shape index (κ1) is 9.70. The van der Waals surface area contributed by atoms with Crippen LogP contribution in [0.15, 0.2) is 11.6 Å². The van der Waals surface area contributed by atoms with Gasteiger partial charge in [-0.05, 0) is 26.7 Å². The molecule has 1 heteroatoms. The van der Waals surface area contributed by atoms with E-state index >= 15 is 0 Å². The summed E-state index contributed by atoms with van der Waals surface area (Å²) in [7, 11) is 0. The van der Waals surface area contributed by atoms with Crippen LogP contribution in [-0.4, -0.2) is 11.2 Å². The fourth-order valence-electron chi connectivity index (χ4n) is 0.951. The van der Waals surface area contributed by atoms with E-state index in [2.05, 4.69) is 13.8 Å². The van der Waals surface area contributed by atoms with Gasteiger partial charge in [0.25, 0.3) is 0 Å². The van der Waals surface area contributed by atoms with Crippen LogP contribution in [0, 0.1) is 0 Å². The van der Waals surface area contributed by atoms with Gasteiger partial charge in [0.15, 0.2) is 0 Å². The van der Waals surface area contributed by atoms with Gasteiger partial charge in [-0.25, -0.2) is 0 Å². The fraction of sp³-hybridized carbons (Fsp3) is 0.778. The van der Waals surface area contributed by atoms with Gasteiger partial charge in [-0.15, -0.1) is 0 Å². The molecule has 0 aromatic heterocycles. The van der Waals surface area contributed by atoms with Crippen molar-refractivity contribution in [2.45, 2.75) is 46.1 Å². The Bertz CT molecular complexity index is 103. The number of hydrogen-bond donors (Lipinski definition) is 1. The van der Waals surface area contributed by atoms with E-state index in [9.17, 15) is 0 Å². The normalized spacial score (nSPS) is 15.4. The average Bonchev–Trinajstić information content (AvgIpc) is 1.82. The van der Waals surface area contributed by atoms with Crippen LogP contribution in [0.5, 0.6) is 0 Å². The molecule has 0 amide bonds. The van der Waals surface area contributed by atoms with Crippen LogP contribution in [-0.2, 0) is 0 Å². The molecule has 1 unspecified atom stereocenters. The molecule has 10 heavy (non-hydrogen) atoms. The van der Waals surface area contributed by atoms with Crippen molar-refractivity contribution in [1.29, 1.82) is 0 Å². The Labute approximate surface area is 63.8 Å². The lowest BCUT2D eigenvalue weighted by Gasteiger charge is -2.00. The van der Waals surface area contributed by atoms with E-state index in [0.717, 1.165) is 6.42 Å². The highest BCUT2D eigenvalue weighted by Gasteiger charge is 1.91. The first-order valence-electron chi connectivity index (χ1n) is 4.02. The lowest BCUT2D eigenvalue weighted by atomic mass is 10.1. The molecule has 0 fully saturated rings. The van der Waals surface area contributed by atoms with Crippen molar-refractivity contribution in [3.05, 3.63) is 11.6 Å². The highest BCUT2D eigenvalue weighted by Crippen LogP contribution is 2.06. The molecule has 0 aromatic carbocycles. The zero-order valence-electron chi connectivity index (χ0n) is 7.22. The second kappa shape index (κ2) is 5.48. The minimum absolute atomic E-state index is 0.281. The molecule has 1 atom stereocenters. The Kier molecular flexibility index (Phi) is 5.32. The summed E-state index contributed by atoms with van der Waals surface area (Å²) in [6.07, 6.45) is 5.22. The van der Waals surface area contributed by atoms with Crippen molar-refractivity contribution in [3.8, 4) is 0 Å². The van der Waals surface area contributed by atoms with E-state index in [4.69, 9.17) is 5.11 Å². The van der Waals surface area contributed by atoms with Crippen LogP contribution >= 0.6 is 0 Å². The zero-order valence-corrected chi connectivity index (χ0v) is 7.22. The predicted octanol–water partition coefficient (Wildman–Crippen LogP) is 2.50. The Balaban J connectivity index is 3.49. The van der Waals surface area contributed by atoms with Crippen LogP contribution in [0.1, 0.15) is 40.0 Å². The van der Waals surface area contributed by atoms with Gasteiger partial charge in [-0.3, -0.25) is 0 Å². The van der Waals surface area contributed by atoms with Crippen molar-refractivity contribution in [3.63, 3.8) is 0 Å². The minimum atomic E-state index is -0.281. The van der Waals surface area contributed by atoms with Crippen molar-refractivity contribution in [2.24, 2.45) is 0 Å². The average molecular weight is 142 g/mol. The SMILES string of the molecule is CCCC/C(C)=C/C(C)O. The molecule has 0 aliphatic rings. The van der Waals surface area contributed by atoms with E-state index in [1.807, 2.05) is 6.08 Å². The van der Waals surface area contributed by atoms with Crippen LogP contribution in [0.2, 0.25) is 0 Å². The van der Waals surface area contributed by atoms with Crippen molar-refractivity contribution in [1.82, 2.24) is 0 Å². The topological polar surface area (TPSA) is 20.2 Å². The molecule has 0 heterocycles. The van der Waals surface area contributed by atoms with Crippen molar-refractivity contribution < 1.29 is 5.11 Å². The lowest BCUT2D eigenvalue weighted by molar-refractivity contribution is 0.243. The van der Waals surface area contributed by atoms with Gasteiger partial charge in [0.05, 0.1) is 6.10 Å². The number of allylic oxidation sites excluding steroid dienone is 1. The van der Waals surface area contributed by atoms with E-state index in [0.29, 0.717) is 0 Å². The number of aliphatic hydroxyl groups excluding tert-OH is 1. The Morgan fingerprint density at radius 2 is 2.20 bits per heavy atom. The summed E-state index contributed by atoms with van der Waals surface area (Å²) in [4.78, 5) is 0. The van der Waals surface area contributed by atoms with E-state index in [1.54, 1.807) is 6.92 Å². The highest BCUT2D eigenvalue weighted by molar-refractivity contribution is 5.00. The monoisotopic (exact) mass is 142 g/mol. The predicted molar refractivity (Wildman–Crippen MR) is 45.0 cm³/mol. The van der Waals surface area contributed by atoms with Gasteiger partial charge >= 0.3 is 0 Å². The summed E-state index contributed by atoms with van der Waals surface area (Å²) in [6, 6.07) is 0. The van der Waals surface area contributed by atoms with Gasteiger partial charge in [0.1, 0.15) is 0 Å². The molecule has 0 aliphatic carbocycles. The summed E-state index contributed by atoms with van der Waals surface area (Å²) in [5.74, 6) is 0. The lowest BCUT2D eigenvalue weighted by Crippen LogP contribution is -1.94. The molecule has 0 aromatic rings. The van der Waals surface area contributed by atoms with Gasteiger partial charge < -0.3 is 5.11 Å². The highest BCUT2D eigenvalue weighted by atomic mass is 16.3. The van der Waals surface area contributed by atoms with Gasteiger partial charge in [0, 0.05) is 0 Å². The maximum absolute atomic E-state index is 8.95. The van der Waals surface area contributed by atoms with Crippen LogP contribution in [0.3, 0.4) is 0 Å². The molecule has 0 saturated heterocycles.